The molecule has 5 nitrogen and oxygen atoms in total. The molecule has 1 rings (SSSR count). The van der Waals surface area contributed by atoms with Crippen LogP contribution < -0.4 is 5.32 Å². The number of anilines is 1. The van der Waals surface area contributed by atoms with Gasteiger partial charge in [-0.05, 0) is 32.4 Å². The Morgan fingerprint density at radius 1 is 1.53 bits per heavy atom. The average molecular weight is 259 g/mol. The van der Waals surface area contributed by atoms with Crippen LogP contribution in [0.2, 0.25) is 5.02 Å². The number of aromatic carboxylic acids is 1. The number of carbonyl (C=O) groups is 1. The summed E-state index contributed by atoms with van der Waals surface area (Å²) >= 11 is 5.71. The summed E-state index contributed by atoms with van der Waals surface area (Å²) in [5, 5.41) is 20.9. The molecule has 1 aromatic heterocycles. The fourth-order valence-electron chi connectivity index (χ4n) is 1.35. The topological polar surface area (TPSA) is 82.5 Å². The Morgan fingerprint density at radius 3 is 2.71 bits per heavy atom. The van der Waals surface area contributed by atoms with E-state index in [2.05, 4.69) is 10.3 Å². The quantitative estimate of drug-likeness (QED) is 0.753. The normalized spacial score (nSPS) is 11.3. The number of aliphatic hydroxyl groups is 1. The van der Waals surface area contributed by atoms with Crippen LogP contribution in [0.4, 0.5) is 5.82 Å². The summed E-state index contributed by atoms with van der Waals surface area (Å²) in [7, 11) is 0. The van der Waals surface area contributed by atoms with Crippen LogP contribution in [0.25, 0.3) is 0 Å². The number of carboxylic acids is 1. The first-order chi connectivity index (χ1) is 7.85. The predicted octanol–water partition coefficient (Wildman–Crippen LogP) is 2.01. The summed E-state index contributed by atoms with van der Waals surface area (Å²) < 4.78 is 0. The van der Waals surface area contributed by atoms with E-state index in [0.29, 0.717) is 12.2 Å². The number of aromatic nitrogens is 1. The minimum atomic E-state index is -1.17. The minimum absolute atomic E-state index is 0.0410. The number of aliphatic hydroxyl groups excluding tert-OH is 1. The molecule has 1 aromatic rings. The summed E-state index contributed by atoms with van der Waals surface area (Å²) in [6, 6.07) is 3.09. The Labute approximate surface area is 104 Å². The monoisotopic (exact) mass is 258 g/mol. The number of rotatable bonds is 5. The zero-order valence-corrected chi connectivity index (χ0v) is 10.5. The molecule has 0 bridgehead atoms. The Balaban J connectivity index is 2.93. The van der Waals surface area contributed by atoms with Crippen LogP contribution in [-0.4, -0.2) is 33.3 Å². The number of hydrogen-bond acceptors (Lipinski definition) is 4. The highest BCUT2D eigenvalue weighted by atomic mass is 35.5. The van der Waals surface area contributed by atoms with Crippen LogP contribution in [-0.2, 0) is 0 Å². The molecule has 0 aromatic carbocycles. The molecule has 3 N–H and O–H groups in total. The molecule has 0 saturated carbocycles. The molecule has 0 saturated heterocycles. The van der Waals surface area contributed by atoms with Gasteiger partial charge in [-0.25, -0.2) is 9.78 Å². The van der Waals surface area contributed by atoms with E-state index in [1.807, 2.05) is 13.8 Å². The maximum absolute atomic E-state index is 10.9. The van der Waals surface area contributed by atoms with E-state index in [9.17, 15) is 4.79 Å². The third-order valence-corrected chi connectivity index (χ3v) is 2.56. The zero-order chi connectivity index (χ0) is 13.1. The number of nitrogens with zero attached hydrogens (tertiary/aromatic N) is 1. The summed E-state index contributed by atoms with van der Waals surface area (Å²) in [5.41, 5.74) is -0.554. The van der Waals surface area contributed by atoms with Crippen molar-refractivity contribution in [2.45, 2.75) is 25.8 Å². The first kappa shape index (κ1) is 13.7. The third kappa shape index (κ3) is 3.87. The summed E-state index contributed by atoms with van der Waals surface area (Å²) in [6.45, 7) is 3.82. The second kappa shape index (κ2) is 5.33. The molecule has 1 heterocycles. The van der Waals surface area contributed by atoms with Crippen molar-refractivity contribution in [3.8, 4) is 0 Å². The molecular weight excluding hydrogens is 244 g/mol. The molecule has 0 amide bonds. The smallest absolute Gasteiger partial charge is 0.356 e. The van der Waals surface area contributed by atoms with Gasteiger partial charge < -0.3 is 15.5 Å². The van der Waals surface area contributed by atoms with Gasteiger partial charge in [-0.15, -0.1) is 0 Å². The number of carboxylic acid groups (broad SMARTS) is 1. The van der Waals surface area contributed by atoms with E-state index in [-0.39, 0.29) is 22.9 Å². The standard InChI is InChI=1S/C11H15ClN2O3/c1-11(2,5-6-15)14-8-4-3-7(12)9(13-8)10(16)17/h3-4,15H,5-6H2,1-2H3,(H,13,14)(H,16,17). The second-order valence-corrected chi connectivity index (χ2v) is 4.72. The lowest BCUT2D eigenvalue weighted by Gasteiger charge is -2.26. The van der Waals surface area contributed by atoms with Crippen LogP contribution >= 0.6 is 11.6 Å². The molecule has 0 atom stereocenters. The number of halogens is 1. The first-order valence-electron chi connectivity index (χ1n) is 5.14. The van der Waals surface area contributed by atoms with Gasteiger partial charge in [0.15, 0.2) is 5.69 Å². The molecule has 0 aliphatic carbocycles. The lowest BCUT2D eigenvalue weighted by atomic mass is 10.0. The van der Waals surface area contributed by atoms with Gasteiger partial charge in [-0.1, -0.05) is 11.6 Å². The van der Waals surface area contributed by atoms with Crippen molar-refractivity contribution in [1.29, 1.82) is 0 Å². The predicted molar refractivity (Wildman–Crippen MR) is 65.6 cm³/mol. The maximum Gasteiger partial charge on any atom is 0.356 e. The molecule has 94 valence electrons. The van der Waals surface area contributed by atoms with Gasteiger partial charge in [0.05, 0.1) is 5.02 Å². The molecule has 0 aliphatic rings. The lowest BCUT2D eigenvalue weighted by Crippen LogP contribution is -2.32. The van der Waals surface area contributed by atoms with Crippen molar-refractivity contribution in [2.75, 3.05) is 11.9 Å². The van der Waals surface area contributed by atoms with Gasteiger partial charge in [0.25, 0.3) is 0 Å². The van der Waals surface area contributed by atoms with Crippen molar-refractivity contribution in [3.63, 3.8) is 0 Å². The van der Waals surface area contributed by atoms with Gasteiger partial charge in [0.2, 0.25) is 0 Å². The Morgan fingerprint density at radius 2 is 2.18 bits per heavy atom. The highest BCUT2D eigenvalue weighted by Crippen LogP contribution is 2.20. The lowest BCUT2D eigenvalue weighted by molar-refractivity contribution is 0.0690. The largest absolute Gasteiger partial charge is 0.476 e. The van der Waals surface area contributed by atoms with Crippen LogP contribution in [0.15, 0.2) is 12.1 Å². The van der Waals surface area contributed by atoms with Crippen LogP contribution in [0, 0.1) is 0 Å². The molecule has 6 heteroatoms. The highest BCUT2D eigenvalue weighted by molar-refractivity contribution is 6.33. The molecule has 0 fully saturated rings. The molecular formula is C11H15ClN2O3. The van der Waals surface area contributed by atoms with Crippen molar-refractivity contribution in [3.05, 3.63) is 22.8 Å². The van der Waals surface area contributed by atoms with Crippen LogP contribution in [0.1, 0.15) is 30.8 Å². The van der Waals surface area contributed by atoms with Gasteiger partial charge >= 0.3 is 5.97 Å². The highest BCUT2D eigenvalue weighted by Gasteiger charge is 2.19. The Bertz CT molecular complexity index is 421. The van der Waals surface area contributed by atoms with Gasteiger partial charge in [0, 0.05) is 12.1 Å². The van der Waals surface area contributed by atoms with E-state index in [4.69, 9.17) is 21.8 Å². The van der Waals surface area contributed by atoms with Crippen molar-refractivity contribution < 1.29 is 15.0 Å². The Kier molecular flexibility index (Phi) is 4.31. The van der Waals surface area contributed by atoms with E-state index in [1.54, 1.807) is 6.07 Å². The third-order valence-electron chi connectivity index (χ3n) is 2.25. The van der Waals surface area contributed by atoms with Crippen molar-refractivity contribution in [1.82, 2.24) is 4.98 Å². The van der Waals surface area contributed by atoms with Gasteiger partial charge in [-0.3, -0.25) is 0 Å². The molecule has 0 radical (unpaired) electrons. The summed E-state index contributed by atoms with van der Waals surface area (Å²) in [4.78, 5) is 14.8. The fraction of sp³-hybridized carbons (Fsp3) is 0.455. The van der Waals surface area contributed by atoms with Gasteiger partial charge in [-0.2, -0.15) is 0 Å². The number of pyridine rings is 1. The van der Waals surface area contributed by atoms with E-state index in [1.165, 1.54) is 6.07 Å². The van der Waals surface area contributed by atoms with E-state index in [0.717, 1.165) is 0 Å². The molecule has 0 unspecified atom stereocenters. The summed E-state index contributed by atoms with van der Waals surface area (Å²) in [5.74, 6) is -0.746. The SMILES string of the molecule is CC(C)(CCO)Nc1ccc(Cl)c(C(=O)O)n1. The van der Waals surface area contributed by atoms with E-state index < -0.39 is 5.97 Å². The molecule has 0 aliphatic heterocycles. The van der Waals surface area contributed by atoms with Crippen LogP contribution in [0.5, 0.6) is 0 Å². The first-order valence-corrected chi connectivity index (χ1v) is 5.52. The molecule has 17 heavy (non-hydrogen) atoms. The van der Waals surface area contributed by atoms with Crippen LogP contribution in [0.3, 0.4) is 0 Å². The van der Waals surface area contributed by atoms with Crippen molar-refractivity contribution >= 4 is 23.4 Å². The Hall–Kier alpha value is -1.33. The fourth-order valence-corrected chi connectivity index (χ4v) is 1.54. The second-order valence-electron chi connectivity index (χ2n) is 4.31. The minimum Gasteiger partial charge on any atom is -0.476 e. The maximum atomic E-state index is 10.9. The number of nitrogens with one attached hydrogen (secondary N) is 1. The van der Waals surface area contributed by atoms with E-state index >= 15 is 0 Å². The summed E-state index contributed by atoms with van der Waals surface area (Å²) in [6.07, 6.45) is 0.527. The number of hydrogen-bond donors (Lipinski definition) is 3. The average Bonchev–Trinajstić information content (AvgIpc) is 2.20. The van der Waals surface area contributed by atoms with Gasteiger partial charge in [0.1, 0.15) is 5.82 Å². The zero-order valence-electron chi connectivity index (χ0n) is 9.70. The van der Waals surface area contributed by atoms with Crippen molar-refractivity contribution in [2.24, 2.45) is 0 Å². The molecule has 0 spiro atoms.